The van der Waals surface area contributed by atoms with Crippen molar-refractivity contribution >= 4 is 16.7 Å². The van der Waals surface area contributed by atoms with Crippen molar-refractivity contribution in [2.24, 2.45) is 0 Å². The highest BCUT2D eigenvalue weighted by Gasteiger charge is 2.21. The van der Waals surface area contributed by atoms with Crippen LogP contribution in [-0.4, -0.2) is 9.36 Å². The molecule has 1 aliphatic heterocycles. The summed E-state index contributed by atoms with van der Waals surface area (Å²) in [4.78, 5) is 6.97. The lowest BCUT2D eigenvalue weighted by Crippen LogP contribution is -2.13. The van der Waals surface area contributed by atoms with Crippen LogP contribution in [0.25, 0.3) is 11.4 Å². The summed E-state index contributed by atoms with van der Waals surface area (Å²) in [5.74, 6) is 0.821. The Morgan fingerprint density at radius 3 is 2.20 bits per heavy atom. The van der Waals surface area contributed by atoms with E-state index in [9.17, 15) is 0 Å². The van der Waals surface area contributed by atoms with Gasteiger partial charge in [0.15, 0.2) is 5.82 Å². The predicted octanol–water partition coefficient (Wildman–Crippen LogP) is 3.73. The minimum Gasteiger partial charge on any atom is -0.338 e. The molecule has 0 radical (unpaired) electrons. The monoisotopic (exact) mass is 279 g/mol. The van der Waals surface area contributed by atoms with Gasteiger partial charge in [-0.3, -0.25) is 0 Å². The molecule has 1 aliphatic rings. The van der Waals surface area contributed by atoms with Crippen molar-refractivity contribution in [3.8, 4) is 11.4 Å². The summed E-state index contributed by atoms with van der Waals surface area (Å²) in [6.45, 7) is 1.86. The van der Waals surface area contributed by atoms with Gasteiger partial charge in [0.25, 0.3) is 0 Å². The Hall–Kier alpha value is -2.20. The average molecular weight is 279 g/mol. The number of aromatic nitrogens is 2. The van der Waals surface area contributed by atoms with Crippen LogP contribution in [0.4, 0.5) is 5.13 Å². The molecule has 1 aromatic heterocycles. The first kappa shape index (κ1) is 11.6. The number of fused-ring (bicyclic) bond motifs is 1. The molecule has 98 valence electrons. The molecule has 0 aliphatic carbocycles. The number of anilines is 1. The van der Waals surface area contributed by atoms with E-state index in [1.165, 1.54) is 22.7 Å². The number of nitrogens with zero attached hydrogens (tertiary/aromatic N) is 3. The first-order chi connectivity index (χ1) is 9.90. The van der Waals surface area contributed by atoms with Gasteiger partial charge in [0.1, 0.15) is 0 Å². The smallest absolute Gasteiger partial charge is 0.206 e. The van der Waals surface area contributed by atoms with Gasteiger partial charge in [-0.15, -0.1) is 0 Å². The van der Waals surface area contributed by atoms with Gasteiger partial charge in [0, 0.05) is 30.2 Å². The Kier molecular flexibility index (Phi) is 2.74. The Balaban J connectivity index is 1.61. The van der Waals surface area contributed by atoms with Crippen LogP contribution in [0.3, 0.4) is 0 Å². The number of rotatable bonds is 2. The molecule has 3 nitrogen and oxygen atoms in total. The van der Waals surface area contributed by atoms with Crippen LogP contribution in [0.1, 0.15) is 11.1 Å². The summed E-state index contributed by atoms with van der Waals surface area (Å²) in [5.41, 5.74) is 3.86. The van der Waals surface area contributed by atoms with Crippen LogP contribution >= 0.6 is 11.5 Å². The Morgan fingerprint density at radius 2 is 1.50 bits per heavy atom. The topological polar surface area (TPSA) is 29.0 Å². The lowest BCUT2D eigenvalue weighted by Gasteiger charge is -2.11. The zero-order valence-electron chi connectivity index (χ0n) is 10.9. The van der Waals surface area contributed by atoms with Crippen molar-refractivity contribution in [1.29, 1.82) is 0 Å². The molecule has 0 unspecified atom stereocenters. The van der Waals surface area contributed by atoms with E-state index in [1.54, 1.807) is 0 Å². The van der Waals surface area contributed by atoms with Crippen LogP contribution in [0.15, 0.2) is 54.6 Å². The van der Waals surface area contributed by atoms with Gasteiger partial charge in [0.2, 0.25) is 5.13 Å². The van der Waals surface area contributed by atoms with E-state index in [0.717, 1.165) is 29.6 Å². The second-order valence-corrected chi connectivity index (χ2v) is 5.62. The molecule has 0 bridgehead atoms. The van der Waals surface area contributed by atoms with Gasteiger partial charge in [0.05, 0.1) is 0 Å². The van der Waals surface area contributed by atoms with E-state index < -0.39 is 0 Å². The lowest BCUT2D eigenvalue weighted by atomic mass is 10.1. The highest BCUT2D eigenvalue weighted by molar-refractivity contribution is 7.09. The fraction of sp³-hybridized carbons (Fsp3) is 0.125. The first-order valence-corrected chi connectivity index (χ1v) is 7.38. The van der Waals surface area contributed by atoms with Crippen LogP contribution in [-0.2, 0) is 13.1 Å². The number of benzene rings is 2. The minimum atomic E-state index is 0.821. The maximum absolute atomic E-state index is 4.68. The van der Waals surface area contributed by atoms with E-state index in [4.69, 9.17) is 0 Å². The average Bonchev–Trinajstić information content (AvgIpc) is 3.14. The summed E-state index contributed by atoms with van der Waals surface area (Å²) in [6.07, 6.45) is 0. The van der Waals surface area contributed by atoms with Crippen molar-refractivity contribution in [1.82, 2.24) is 9.36 Å². The standard InChI is InChI=1S/C16H13N3S/c1-2-6-12(7-3-1)15-17-16(20-18-15)19-10-13-8-4-5-9-14(13)11-19/h1-9H,10-11H2. The van der Waals surface area contributed by atoms with Crippen molar-refractivity contribution in [2.45, 2.75) is 13.1 Å². The summed E-state index contributed by atoms with van der Waals surface area (Å²) in [5, 5.41) is 1.00. The molecule has 3 aromatic rings. The van der Waals surface area contributed by atoms with Crippen LogP contribution in [0, 0.1) is 0 Å². The molecule has 0 amide bonds. The Morgan fingerprint density at radius 1 is 0.850 bits per heavy atom. The second-order valence-electron chi connectivity index (χ2n) is 4.89. The van der Waals surface area contributed by atoms with E-state index in [2.05, 4.69) is 38.5 Å². The summed E-state index contributed by atoms with van der Waals surface area (Å²) in [6, 6.07) is 18.7. The molecule has 0 spiro atoms. The van der Waals surface area contributed by atoms with E-state index in [1.807, 2.05) is 30.3 Å². The van der Waals surface area contributed by atoms with Crippen LogP contribution in [0.5, 0.6) is 0 Å². The summed E-state index contributed by atoms with van der Waals surface area (Å²) < 4.78 is 4.48. The second kappa shape index (κ2) is 4.72. The molecule has 0 atom stereocenters. The summed E-state index contributed by atoms with van der Waals surface area (Å²) >= 11 is 1.48. The maximum atomic E-state index is 4.68. The Labute approximate surface area is 121 Å². The third-order valence-electron chi connectivity index (χ3n) is 3.56. The fourth-order valence-electron chi connectivity index (χ4n) is 2.52. The molecule has 4 rings (SSSR count). The van der Waals surface area contributed by atoms with E-state index in [0.29, 0.717) is 0 Å². The molecule has 0 fully saturated rings. The zero-order chi connectivity index (χ0) is 13.4. The van der Waals surface area contributed by atoms with Gasteiger partial charge in [-0.2, -0.15) is 9.36 Å². The minimum absolute atomic E-state index is 0.821. The molecule has 2 heterocycles. The van der Waals surface area contributed by atoms with Gasteiger partial charge < -0.3 is 4.90 Å². The highest BCUT2D eigenvalue weighted by atomic mass is 32.1. The molecular weight excluding hydrogens is 266 g/mol. The lowest BCUT2D eigenvalue weighted by molar-refractivity contribution is 0.873. The molecule has 0 saturated carbocycles. The number of hydrogen-bond acceptors (Lipinski definition) is 4. The SMILES string of the molecule is c1ccc(-c2nsc(N3Cc4ccccc4C3)n2)cc1. The van der Waals surface area contributed by atoms with Gasteiger partial charge >= 0.3 is 0 Å². The highest BCUT2D eigenvalue weighted by Crippen LogP contribution is 2.30. The molecule has 20 heavy (non-hydrogen) atoms. The Bertz CT molecular complexity index is 711. The molecular formula is C16H13N3S. The van der Waals surface area contributed by atoms with Crippen molar-refractivity contribution < 1.29 is 0 Å². The molecule has 4 heteroatoms. The molecule has 2 aromatic carbocycles. The van der Waals surface area contributed by atoms with Gasteiger partial charge in [-0.05, 0) is 11.1 Å². The third-order valence-corrected chi connectivity index (χ3v) is 4.34. The third kappa shape index (κ3) is 1.98. The van der Waals surface area contributed by atoms with Gasteiger partial charge in [-0.1, -0.05) is 54.6 Å². The quantitative estimate of drug-likeness (QED) is 0.716. The molecule has 0 N–H and O–H groups in total. The van der Waals surface area contributed by atoms with Crippen LogP contribution < -0.4 is 4.90 Å². The van der Waals surface area contributed by atoms with Crippen molar-refractivity contribution in [2.75, 3.05) is 4.90 Å². The predicted molar refractivity (Wildman–Crippen MR) is 81.7 cm³/mol. The van der Waals surface area contributed by atoms with E-state index >= 15 is 0 Å². The first-order valence-electron chi connectivity index (χ1n) is 6.61. The van der Waals surface area contributed by atoms with E-state index in [-0.39, 0.29) is 0 Å². The maximum Gasteiger partial charge on any atom is 0.206 e. The van der Waals surface area contributed by atoms with Crippen molar-refractivity contribution in [3.63, 3.8) is 0 Å². The zero-order valence-corrected chi connectivity index (χ0v) is 11.7. The van der Waals surface area contributed by atoms with Crippen LogP contribution in [0.2, 0.25) is 0 Å². The van der Waals surface area contributed by atoms with Gasteiger partial charge in [-0.25, -0.2) is 0 Å². The number of hydrogen-bond donors (Lipinski definition) is 0. The fourth-order valence-corrected chi connectivity index (χ4v) is 3.20. The molecule has 0 saturated heterocycles. The largest absolute Gasteiger partial charge is 0.338 e. The van der Waals surface area contributed by atoms with Crippen molar-refractivity contribution in [3.05, 3.63) is 65.7 Å². The summed E-state index contributed by atoms with van der Waals surface area (Å²) in [7, 11) is 0. The normalized spacial score (nSPS) is 13.5.